The summed E-state index contributed by atoms with van der Waals surface area (Å²) >= 11 is 0. The largest absolute Gasteiger partial charge is 0.513 e. The highest BCUT2D eigenvalue weighted by atomic mass is 16.5. The van der Waals surface area contributed by atoms with Gasteiger partial charge >= 0.3 is 0 Å². The highest BCUT2D eigenvalue weighted by Gasteiger charge is 2.32. The van der Waals surface area contributed by atoms with E-state index in [9.17, 15) is 0 Å². The lowest BCUT2D eigenvalue weighted by atomic mass is 9.81. The number of ether oxygens (including phenoxy) is 1. The maximum Gasteiger partial charge on any atom is 0.0883 e. The Kier molecular flexibility index (Phi) is 2.55. The molecule has 2 heteroatoms. The molecule has 0 unspecified atom stereocenters. The van der Waals surface area contributed by atoms with E-state index in [4.69, 9.17) is 9.84 Å². The second-order valence-corrected chi connectivity index (χ2v) is 3.47. The number of hydrogen-bond acceptors (Lipinski definition) is 2. The van der Waals surface area contributed by atoms with Crippen LogP contribution in [-0.4, -0.2) is 17.3 Å². The van der Waals surface area contributed by atoms with E-state index in [1.165, 1.54) is 0 Å². The van der Waals surface area contributed by atoms with Gasteiger partial charge in [0.2, 0.25) is 0 Å². The molecule has 0 aromatic heterocycles. The van der Waals surface area contributed by atoms with Crippen LogP contribution in [0.15, 0.2) is 12.3 Å². The second kappa shape index (κ2) is 3.26. The van der Waals surface area contributed by atoms with Crippen LogP contribution in [0.1, 0.15) is 26.7 Å². The first-order chi connectivity index (χ1) is 5.09. The van der Waals surface area contributed by atoms with Gasteiger partial charge in [0.15, 0.2) is 0 Å². The molecule has 0 saturated heterocycles. The molecule has 1 fully saturated rings. The van der Waals surface area contributed by atoms with Gasteiger partial charge in [-0.2, -0.15) is 0 Å². The summed E-state index contributed by atoms with van der Waals surface area (Å²) in [4.78, 5) is 0. The molecule has 1 saturated carbocycles. The van der Waals surface area contributed by atoms with Crippen LogP contribution in [0.5, 0.6) is 0 Å². The summed E-state index contributed by atoms with van der Waals surface area (Å²) in [5.41, 5.74) is 0. The monoisotopic (exact) mass is 156 g/mol. The quantitative estimate of drug-likeness (QED) is 0.635. The van der Waals surface area contributed by atoms with Crippen molar-refractivity contribution in [2.24, 2.45) is 5.92 Å². The van der Waals surface area contributed by atoms with E-state index in [1.807, 2.05) is 13.8 Å². The maximum absolute atomic E-state index is 8.97. The van der Waals surface area contributed by atoms with E-state index in [0.29, 0.717) is 23.9 Å². The summed E-state index contributed by atoms with van der Waals surface area (Å²) in [5.74, 6) is 0.604. The lowest BCUT2D eigenvalue weighted by Gasteiger charge is -2.35. The molecule has 0 heterocycles. The third-order valence-corrected chi connectivity index (χ3v) is 2.03. The minimum atomic E-state index is 0.291. The van der Waals surface area contributed by atoms with E-state index in [1.54, 1.807) is 0 Å². The average Bonchev–Trinajstić information content (AvgIpc) is 1.75. The fourth-order valence-corrected chi connectivity index (χ4v) is 1.33. The summed E-state index contributed by atoms with van der Waals surface area (Å²) in [7, 11) is 0. The Balaban J connectivity index is 2.14. The Bertz CT molecular complexity index is 146. The van der Waals surface area contributed by atoms with Crippen molar-refractivity contribution in [3.05, 3.63) is 12.3 Å². The SMILES string of the molecule is C=C(O)[C@H]1C[C@@H](OC(C)C)C1. The molecule has 0 radical (unpaired) electrons. The zero-order valence-electron chi connectivity index (χ0n) is 7.21. The van der Waals surface area contributed by atoms with Crippen LogP contribution < -0.4 is 0 Å². The average molecular weight is 156 g/mol. The molecule has 1 aliphatic rings. The predicted octanol–water partition coefficient (Wildman–Crippen LogP) is 2.26. The molecule has 0 aromatic carbocycles. The van der Waals surface area contributed by atoms with Crippen LogP contribution in [0.25, 0.3) is 0 Å². The molecule has 0 aromatic rings. The Hall–Kier alpha value is -0.500. The molecule has 0 spiro atoms. The van der Waals surface area contributed by atoms with Crippen LogP contribution in [0.2, 0.25) is 0 Å². The van der Waals surface area contributed by atoms with Crippen molar-refractivity contribution in [2.45, 2.75) is 38.9 Å². The minimum Gasteiger partial charge on any atom is -0.513 e. The standard InChI is InChI=1S/C9H16O2/c1-6(2)11-9-4-8(5-9)7(3)10/h6,8-10H,3-5H2,1-2H3/t8-,9+. The molecule has 1 N–H and O–H groups in total. The molecular weight excluding hydrogens is 140 g/mol. The molecule has 64 valence electrons. The van der Waals surface area contributed by atoms with E-state index in [-0.39, 0.29) is 0 Å². The number of aliphatic hydroxyl groups excluding tert-OH is 1. The van der Waals surface area contributed by atoms with Gasteiger partial charge in [-0.05, 0) is 26.7 Å². The molecule has 0 bridgehead atoms. The molecule has 0 aliphatic heterocycles. The van der Waals surface area contributed by atoms with E-state index >= 15 is 0 Å². The van der Waals surface area contributed by atoms with Gasteiger partial charge in [0, 0.05) is 5.92 Å². The molecule has 0 atom stereocenters. The minimum absolute atomic E-state index is 0.291. The van der Waals surface area contributed by atoms with Crippen LogP contribution >= 0.6 is 0 Å². The number of rotatable bonds is 3. The second-order valence-electron chi connectivity index (χ2n) is 3.47. The van der Waals surface area contributed by atoms with Crippen molar-refractivity contribution >= 4 is 0 Å². The summed E-state index contributed by atoms with van der Waals surface area (Å²) < 4.78 is 5.51. The van der Waals surface area contributed by atoms with Crippen molar-refractivity contribution < 1.29 is 9.84 Å². The molecular formula is C9H16O2. The highest BCUT2D eigenvalue weighted by Crippen LogP contribution is 2.34. The van der Waals surface area contributed by atoms with Crippen molar-refractivity contribution in [1.82, 2.24) is 0 Å². The molecule has 2 nitrogen and oxygen atoms in total. The fraction of sp³-hybridized carbons (Fsp3) is 0.778. The third kappa shape index (κ3) is 2.22. The van der Waals surface area contributed by atoms with Gasteiger partial charge in [0.1, 0.15) is 0 Å². The third-order valence-electron chi connectivity index (χ3n) is 2.03. The fourth-order valence-electron chi connectivity index (χ4n) is 1.33. The van der Waals surface area contributed by atoms with Gasteiger partial charge in [-0.15, -0.1) is 0 Å². The van der Waals surface area contributed by atoms with Gasteiger partial charge in [-0.25, -0.2) is 0 Å². The Labute approximate surface area is 67.9 Å². The summed E-state index contributed by atoms with van der Waals surface area (Å²) in [6.45, 7) is 7.55. The lowest BCUT2D eigenvalue weighted by molar-refractivity contribution is -0.0606. The van der Waals surface area contributed by atoms with Crippen molar-refractivity contribution in [1.29, 1.82) is 0 Å². The maximum atomic E-state index is 8.97. The van der Waals surface area contributed by atoms with Crippen molar-refractivity contribution in [3.63, 3.8) is 0 Å². The Morgan fingerprint density at radius 1 is 1.55 bits per heavy atom. The van der Waals surface area contributed by atoms with Crippen LogP contribution in [0, 0.1) is 5.92 Å². The van der Waals surface area contributed by atoms with E-state index in [0.717, 1.165) is 12.8 Å². The normalized spacial score (nSPS) is 30.1. The first kappa shape index (κ1) is 8.60. The summed E-state index contributed by atoms with van der Waals surface area (Å²) in [6.07, 6.45) is 2.53. The van der Waals surface area contributed by atoms with E-state index < -0.39 is 0 Å². The molecule has 0 amide bonds. The smallest absolute Gasteiger partial charge is 0.0883 e. The Morgan fingerprint density at radius 2 is 2.09 bits per heavy atom. The van der Waals surface area contributed by atoms with Crippen LogP contribution in [0.3, 0.4) is 0 Å². The first-order valence-corrected chi connectivity index (χ1v) is 4.12. The number of allylic oxidation sites excluding steroid dienone is 1. The van der Waals surface area contributed by atoms with Gasteiger partial charge in [-0.3, -0.25) is 0 Å². The zero-order valence-corrected chi connectivity index (χ0v) is 7.21. The van der Waals surface area contributed by atoms with Gasteiger partial charge in [0.25, 0.3) is 0 Å². The zero-order chi connectivity index (χ0) is 8.43. The molecule has 1 rings (SSSR count). The topological polar surface area (TPSA) is 29.5 Å². The lowest BCUT2D eigenvalue weighted by Crippen LogP contribution is -2.34. The number of hydrogen-bond donors (Lipinski definition) is 1. The predicted molar refractivity (Wildman–Crippen MR) is 44.5 cm³/mol. The summed E-state index contributed by atoms with van der Waals surface area (Å²) in [5, 5.41) is 8.97. The summed E-state index contributed by atoms with van der Waals surface area (Å²) in [6, 6.07) is 0. The Morgan fingerprint density at radius 3 is 2.45 bits per heavy atom. The molecule has 11 heavy (non-hydrogen) atoms. The van der Waals surface area contributed by atoms with Crippen molar-refractivity contribution in [3.8, 4) is 0 Å². The highest BCUT2D eigenvalue weighted by molar-refractivity contribution is 4.98. The van der Waals surface area contributed by atoms with Gasteiger partial charge < -0.3 is 9.84 Å². The van der Waals surface area contributed by atoms with Crippen LogP contribution in [-0.2, 0) is 4.74 Å². The number of aliphatic hydroxyl groups is 1. The molecule has 1 aliphatic carbocycles. The van der Waals surface area contributed by atoms with Gasteiger partial charge in [-0.1, -0.05) is 6.58 Å². The van der Waals surface area contributed by atoms with Crippen molar-refractivity contribution in [2.75, 3.05) is 0 Å². The first-order valence-electron chi connectivity index (χ1n) is 4.12. The van der Waals surface area contributed by atoms with E-state index in [2.05, 4.69) is 6.58 Å². The van der Waals surface area contributed by atoms with Gasteiger partial charge in [0.05, 0.1) is 18.0 Å². The van der Waals surface area contributed by atoms with Crippen LogP contribution in [0.4, 0.5) is 0 Å².